The van der Waals surface area contributed by atoms with Crippen LogP contribution in [0.5, 0.6) is 0 Å². The summed E-state index contributed by atoms with van der Waals surface area (Å²) in [6.45, 7) is 4.48. The van der Waals surface area contributed by atoms with Gasteiger partial charge in [-0.2, -0.15) is 0 Å². The van der Waals surface area contributed by atoms with E-state index in [0.29, 0.717) is 12.3 Å². The van der Waals surface area contributed by atoms with E-state index in [0.717, 1.165) is 12.8 Å². The minimum Gasteiger partial charge on any atom is -0.328 e. The number of hydrogen-bond acceptors (Lipinski definition) is 1. The topological polar surface area (TPSA) is 26.0 Å². The third-order valence-electron chi connectivity index (χ3n) is 2.39. The highest BCUT2D eigenvalue weighted by Crippen LogP contribution is 2.19. The van der Waals surface area contributed by atoms with Crippen molar-refractivity contribution in [2.75, 3.05) is 6.54 Å². The van der Waals surface area contributed by atoms with Crippen LogP contribution in [-0.2, 0) is 0 Å². The van der Waals surface area contributed by atoms with Crippen molar-refractivity contribution in [1.29, 1.82) is 0 Å². The predicted octanol–water partition coefficient (Wildman–Crippen LogP) is 2.89. The van der Waals surface area contributed by atoms with E-state index in [4.69, 9.17) is 5.73 Å². The standard InChI is InChI=1S/C10H22FN/c1-3-5-6-9(4-2)7-10(11)8-12/h9-10H,3-8,12H2,1-2H3. The smallest absolute Gasteiger partial charge is 0.113 e. The van der Waals surface area contributed by atoms with Gasteiger partial charge in [0.05, 0.1) is 0 Å². The molecule has 0 aliphatic rings. The van der Waals surface area contributed by atoms with Crippen LogP contribution in [0.2, 0.25) is 0 Å². The first-order valence-corrected chi connectivity index (χ1v) is 5.08. The lowest BCUT2D eigenvalue weighted by Gasteiger charge is -2.15. The Labute approximate surface area is 75.5 Å². The maximum absolute atomic E-state index is 12.9. The number of alkyl halides is 1. The number of unbranched alkanes of at least 4 members (excludes halogenated alkanes) is 1. The fourth-order valence-electron chi connectivity index (χ4n) is 1.44. The van der Waals surface area contributed by atoms with Gasteiger partial charge in [0, 0.05) is 6.54 Å². The van der Waals surface area contributed by atoms with Crippen molar-refractivity contribution in [3.8, 4) is 0 Å². The molecule has 0 saturated carbocycles. The summed E-state index contributed by atoms with van der Waals surface area (Å²) < 4.78 is 12.9. The third-order valence-corrected chi connectivity index (χ3v) is 2.39. The molecule has 0 saturated heterocycles. The number of hydrogen-bond donors (Lipinski definition) is 1. The summed E-state index contributed by atoms with van der Waals surface area (Å²) in [5.74, 6) is 0.545. The summed E-state index contributed by atoms with van der Waals surface area (Å²) in [7, 11) is 0. The zero-order chi connectivity index (χ0) is 9.40. The molecule has 12 heavy (non-hydrogen) atoms. The molecular formula is C10H22FN. The zero-order valence-electron chi connectivity index (χ0n) is 8.35. The van der Waals surface area contributed by atoms with Gasteiger partial charge in [0.1, 0.15) is 6.17 Å². The van der Waals surface area contributed by atoms with Gasteiger partial charge in [0.2, 0.25) is 0 Å². The highest BCUT2D eigenvalue weighted by Gasteiger charge is 2.12. The third kappa shape index (κ3) is 5.53. The molecule has 0 bridgehead atoms. The Balaban J connectivity index is 3.51. The van der Waals surface area contributed by atoms with Crippen molar-refractivity contribution in [3.63, 3.8) is 0 Å². The highest BCUT2D eigenvalue weighted by molar-refractivity contribution is 4.64. The lowest BCUT2D eigenvalue weighted by molar-refractivity contribution is 0.259. The molecule has 0 heterocycles. The molecule has 0 aromatic carbocycles. The Kier molecular flexibility index (Phi) is 7.47. The Morgan fingerprint density at radius 2 is 2.00 bits per heavy atom. The van der Waals surface area contributed by atoms with Crippen LogP contribution in [0.4, 0.5) is 4.39 Å². The molecule has 2 unspecified atom stereocenters. The second kappa shape index (κ2) is 7.53. The van der Waals surface area contributed by atoms with Crippen LogP contribution in [0.1, 0.15) is 46.0 Å². The van der Waals surface area contributed by atoms with Crippen LogP contribution >= 0.6 is 0 Å². The van der Waals surface area contributed by atoms with Crippen LogP contribution in [0, 0.1) is 5.92 Å². The molecule has 1 nitrogen and oxygen atoms in total. The van der Waals surface area contributed by atoms with Crippen molar-refractivity contribution < 1.29 is 4.39 Å². The van der Waals surface area contributed by atoms with Crippen molar-refractivity contribution in [1.82, 2.24) is 0 Å². The van der Waals surface area contributed by atoms with E-state index in [9.17, 15) is 4.39 Å². The van der Waals surface area contributed by atoms with Crippen molar-refractivity contribution in [2.45, 2.75) is 52.1 Å². The molecular weight excluding hydrogens is 153 g/mol. The summed E-state index contributed by atoms with van der Waals surface area (Å²) in [6.07, 6.45) is 4.54. The fourth-order valence-corrected chi connectivity index (χ4v) is 1.44. The average molecular weight is 175 g/mol. The molecule has 74 valence electrons. The van der Waals surface area contributed by atoms with Gasteiger partial charge < -0.3 is 5.73 Å². The first kappa shape index (κ1) is 11.9. The van der Waals surface area contributed by atoms with E-state index in [2.05, 4.69) is 13.8 Å². The Morgan fingerprint density at radius 3 is 2.42 bits per heavy atom. The predicted molar refractivity (Wildman–Crippen MR) is 51.9 cm³/mol. The second-order valence-electron chi connectivity index (χ2n) is 3.49. The second-order valence-corrected chi connectivity index (χ2v) is 3.49. The lowest BCUT2D eigenvalue weighted by Crippen LogP contribution is -2.18. The van der Waals surface area contributed by atoms with Crippen LogP contribution in [-0.4, -0.2) is 12.7 Å². The summed E-state index contributed by atoms with van der Waals surface area (Å²) in [4.78, 5) is 0. The Bertz CT molecular complexity index is 95.8. The van der Waals surface area contributed by atoms with Gasteiger partial charge in [-0.05, 0) is 12.3 Å². The number of nitrogens with two attached hydrogens (primary N) is 1. The minimum absolute atomic E-state index is 0.183. The summed E-state index contributed by atoms with van der Waals surface area (Å²) in [6, 6.07) is 0. The molecule has 2 N–H and O–H groups in total. The lowest BCUT2D eigenvalue weighted by atomic mass is 9.94. The van der Waals surface area contributed by atoms with Gasteiger partial charge in [-0.15, -0.1) is 0 Å². The Hall–Kier alpha value is -0.110. The summed E-state index contributed by atoms with van der Waals surface area (Å²) in [5, 5.41) is 0. The van der Waals surface area contributed by atoms with Gasteiger partial charge >= 0.3 is 0 Å². The van der Waals surface area contributed by atoms with Gasteiger partial charge in [0.25, 0.3) is 0 Å². The SMILES string of the molecule is CCCCC(CC)CC(F)CN. The van der Waals surface area contributed by atoms with Crippen molar-refractivity contribution >= 4 is 0 Å². The quantitative estimate of drug-likeness (QED) is 0.632. The Morgan fingerprint density at radius 1 is 1.33 bits per heavy atom. The van der Waals surface area contributed by atoms with Gasteiger partial charge in [-0.3, -0.25) is 0 Å². The monoisotopic (exact) mass is 175 g/mol. The average Bonchev–Trinajstić information content (AvgIpc) is 2.11. The van der Waals surface area contributed by atoms with E-state index in [1.165, 1.54) is 12.8 Å². The molecule has 0 rings (SSSR count). The minimum atomic E-state index is -0.785. The summed E-state index contributed by atoms with van der Waals surface area (Å²) in [5.41, 5.74) is 5.23. The number of rotatable bonds is 7. The molecule has 0 amide bonds. The molecule has 0 aliphatic carbocycles. The fraction of sp³-hybridized carbons (Fsp3) is 1.00. The van der Waals surface area contributed by atoms with Crippen LogP contribution < -0.4 is 5.73 Å². The molecule has 2 atom stereocenters. The maximum Gasteiger partial charge on any atom is 0.113 e. The van der Waals surface area contributed by atoms with Crippen LogP contribution in [0.25, 0.3) is 0 Å². The molecule has 0 radical (unpaired) electrons. The van der Waals surface area contributed by atoms with Gasteiger partial charge in [0.15, 0.2) is 0 Å². The van der Waals surface area contributed by atoms with Gasteiger partial charge in [-0.1, -0.05) is 39.5 Å². The normalized spacial score (nSPS) is 16.0. The molecule has 0 aliphatic heterocycles. The molecule has 0 spiro atoms. The van der Waals surface area contributed by atoms with E-state index in [1.807, 2.05) is 0 Å². The molecule has 0 aromatic heterocycles. The van der Waals surface area contributed by atoms with Crippen LogP contribution in [0.3, 0.4) is 0 Å². The van der Waals surface area contributed by atoms with Gasteiger partial charge in [-0.25, -0.2) is 4.39 Å². The highest BCUT2D eigenvalue weighted by atomic mass is 19.1. The first-order chi connectivity index (χ1) is 5.74. The summed E-state index contributed by atoms with van der Waals surface area (Å²) >= 11 is 0. The number of halogens is 1. The largest absolute Gasteiger partial charge is 0.328 e. The molecule has 2 heteroatoms. The van der Waals surface area contributed by atoms with E-state index in [1.54, 1.807) is 0 Å². The van der Waals surface area contributed by atoms with Crippen molar-refractivity contribution in [2.24, 2.45) is 11.7 Å². The van der Waals surface area contributed by atoms with E-state index >= 15 is 0 Å². The van der Waals surface area contributed by atoms with E-state index < -0.39 is 6.17 Å². The van der Waals surface area contributed by atoms with Crippen LogP contribution in [0.15, 0.2) is 0 Å². The molecule has 0 aromatic rings. The van der Waals surface area contributed by atoms with Crippen molar-refractivity contribution in [3.05, 3.63) is 0 Å². The van der Waals surface area contributed by atoms with E-state index in [-0.39, 0.29) is 6.54 Å². The molecule has 0 fully saturated rings. The maximum atomic E-state index is 12.9. The first-order valence-electron chi connectivity index (χ1n) is 5.08. The zero-order valence-corrected chi connectivity index (χ0v) is 8.35.